The molecule has 1 aliphatic rings. The molecule has 1 fully saturated rings. The Morgan fingerprint density at radius 1 is 1.24 bits per heavy atom. The fraction of sp³-hybridized carbons (Fsp3) is 0.421. The van der Waals surface area contributed by atoms with E-state index >= 15 is 0 Å². The molecule has 0 N–H and O–H groups in total. The Labute approximate surface area is 146 Å². The Balaban J connectivity index is 1.58. The highest BCUT2D eigenvalue weighted by Gasteiger charge is 2.26. The number of ether oxygens (including phenoxy) is 2. The standard InChI is InChI=1S/C19H21NO5/c1-12-16(13(2)25-20-12)11-23-15-9-7-14(8-10-15)19(22)24-18-6-4-3-5-17(18)21/h7-10,18H,3-6,11H2,1-2H3/t18-/m0/s1. The van der Waals surface area contributed by atoms with Gasteiger partial charge in [0.2, 0.25) is 0 Å². The summed E-state index contributed by atoms with van der Waals surface area (Å²) < 4.78 is 16.1. The molecule has 1 aromatic carbocycles. The zero-order valence-electron chi connectivity index (χ0n) is 14.4. The molecule has 1 saturated carbocycles. The zero-order valence-corrected chi connectivity index (χ0v) is 14.4. The van der Waals surface area contributed by atoms with Crippen LogP contribution in [0, 0.1) is 13.8 Å². The van der Waals surface area contributed by atoms with Crippen LogP contribution in [0.2, 0.25) is 0 Å². The van der Waals surface area contributed by atoms with Gasteiger partial charge in [-0.15, -0.1) is 0 Å². The number of hydrogen-bond donors (Lipinski definition) is 0. The van der Waals surface area contributed by atoms with Crippen LogP contribution in [0.1, 0.15) is 53.1 Å². The SMILES string of the molecule is Cc1noc(C)c1COc1ccc(C(=O)O[C@H]2CCCCC2=O)cc1. The Morgan fingerprint density at radius 3 is 2.64 bits per heavy atom. The highest BCUT2D eigenvalue weighted by atomic mass is 16.5. The monoisotopic (exact) mass is 343 g/mol. The van der Waals surface area contributed by atoms with Crippen molar-refractivity contribution in [2.45, 2.75) is 52.2 Å². The van der Waals surface area contributed by atoms with Crippen molar-refractivity contribution in [3.05, 3.63) is 46.8 Å². The molecule has 0 unspecified atom stereocenters. The number of carbonyl (C=O) groups is 2. The smallest absolute Gasteiger partial charge is 0.338 e. The lowest BCUT2D eigenvalue weighted by Gasteiger charge is -2.20. The van der Waals surface area contributed by atoms with Gasteiger partial charge in [-0.1, -0.05) is 5.16 Å². The van der Waals surface area contributed by atoms with Crippen LogP contribution < -0.4 is 4.74 Å². The van der Waals surface area contributed by atoms with E-state index in [4.69, 9.17) is 14.0 Å². The number of rotatable bonds is 5. The van der Waals surface area contributed by atoms with Gasteiger partial charge in [-0.25, -0.2) is 4.79 Å². The lowest BCUT2D eigenvalue weighted by atomic mass is 9.96. The van der Waals surface area contributed by atoms with Crippen LogP contribution in [-0.2, 0) is 16.1 Å². The van der Waals surface area contributed by atoms with Gasteiger partial charge in [0.25, 0.3) is 0 Å². The highest BCUT2D eigenvalue weighted by molar-refractivity contribution is 5.93. The van der Waals surface area contributed by atoms with Gasteiger partial charge in [-0.3, -0.25) is 4.79 Å². The molecule has 3 rings (SSSR count). The van der Waals surface area contributed by atoms with Gasteiger partial charge >= 0.3 is 5.97 Å². The lowest BCUT2D eigenvalue weighted by molar-refractivity contribution is -0.129. The summed E-state index contributed by atoms with van der Waals surface area (Å²) in [6.07, 6.45) is 2.30. The number of hydrogen-bond acceptors (Lipinski definition) is 6. The maximum absolute atomic E-state index is 12.2. The van der Waals surface area contributed by atoms with E-state index in [2.05, 4.69) is 5.16 Å². The summed E-state index contributed by atoms with van der Waals surface area (Å²) in [6, 6.07) is 6.69. The molecule has 2 aromatic rings. The normalized spacial score (nSPS) is 17.4. The molecule has 132 valence electrons. The molecular formula is C19H21NO5. The highest BCUT2D eigenvalue weighted by Crippen LogP contribution is 2.21. The van der Waals surface area contributed by atoms with E-state index in [1.807, 2.05) is 13.8 Å². The lowest BCUT2D eigenvalue weighted by Crippen LogP contribution is -2.30. The first kappa shape index (κ1) is 17.2. The van der Waals surface area contributed by atoms with E-state index in [-0.39, 0.29) is 5.78 Å². The van der Waals surface area contributed by atoms with E-state index in [0.29, 0.717) is 30.8 Å². The number of esters is 1. The Kier molecular flexibility index (Phi) is 5.16. The first-order chi connectivity index (χ1) is 12.0. The summed E-state index contributed by atoms with van der Waals surface area (Å²) in [7, 11) is 0. The average molecular weight is 343 g/mol. The Hall–Kier alpha value is -2.63. The minimum absolute atomic E-state index is 0.0130. The Bertz CT molecular complexity index is 743. The summed E-state index contributed by atoms with van der Waals surface area (Å²) in [6.45, 7) is 4.05. The van der Waals surface area contributed by atoms with E-state index in [1.54, 1.807) is 24.3 Å². The van der Waals surface area contributed by atoms with Gasteiger partial charge in [-0.2, -0.15) is 0 Å². The second kappa shape index (κ2) is 7.51. The van der Waals surface area contributed by atoms with Gasteiger partial charge in [-0.05, 0) is 57.4 Å². The summed E-state index contributed by atoms with van der Waals surface area (Å²) >= 11 is 0. The van der Waals surface area contributed by atoms with E-state index in [1.165, 1.54) is 0 Å². The molecule has 0 bridgehead atoms. The third-order valence-electron chi connectivity index (χ3n) is 4.40. The minimum Gasteiger partial charge on any atom is -0.489 e. The topological polar surface area (TPSA) is 78.6 Å². The van der Waals surface area contributed by atoms with Gasteiger partial charge < -0.3 is 14.0 Å². The summed E-state index contributed by atoms with van der Waals surface area (Å²) in [4.78, 5) is 23.9. The predicted molar refractivity (Wildman–Crippen MR) is 89.4 cm³/mol. The molecule has 0 spiro atoms. The molecule has 0 aliphatic heterocycles. The van der Waals surface area contributed by atoms with Crippen molar-refractivity contribution in [2.24, 2.45) is 0 Å². The van der Waals surface area contributed by atoms with Crippen LogP contribution in [0.3, 0.4) is 0 Å². The quantitative estimate of drug-likeness (QED) is 0.773. The molecule has 0 saturated heterocycles. The van der Waals surface area contributed by atoms with Gasteiger partial charge in [0.05, 0.1) is 16.8 Å². The molecule has 0 radical (unpaired) electrons. The van der Waals surface area contributed by atoms with Gasteiger partial charge in [0, 0.05) is 6.42 Å². The molecule has 0 amide bonds. The molecule has 6 heteroatoms. The summed E-state index contributed by atoms with van der Waals surface area (Å²) in [5.74, 6) is 0.900. The molecule has 1 atom stereocenters. The second-order valence-electron chi connectivity index (χ2n) is 6.22. The number of aryl methyl sites for hydroxylation is 2. The number of carbonyl (C=O) groups excluding carboxylic acids is 2. The number of benzene rings is 1. The number of ketones is 1. The third-order valence-corrected chi connectivity index (χ3v) is 4.40. The maximum Gasteiger partial charge on any atom is 0.338 e. The summed E-state index contributed by atoms with van der Waals surface area (Å²) in [5, 5.41) is 3.88. The predicted octanol–water partition coefficient (Wildman–Crippen LogP) is 3.54. The van der Waals surface area contributed by atoms with Crippen LogP contribution in [0.5, 0.6) is 5.75 Å². The number of nitrogens with zero attached hydrogens (tertiary/aromatic N) is 1. The van der Waals surface area contributed by atoms with Crippen molar-refractivity contribution in [2.75, 3.05) is 0 Å². The average Bonchev–Trinajstić information content (AvgIpc) is 2.93. The number of aromatic nitrogens is 1. The first-order valence-corrected chi connectivity index (χ1v) is 8.43. The van der Waals surface area contributed by atoms with E-state index < -0.39 is 12.1 Å². The van der Waals surface area contributed by atoms with Crippen LogP contribution >= 0.6 is 0 Å². The van der Waals surface area contributed by atoms with E-state index in [0.717, 1.165) is 29.9 Å². The van der Waals surface area contributed by atoms with Crippen molar-refractivity contribution in [1.29, 1.82) is 0 Å². The molecular weight excluding hydrogens is 322 g/mol. The fourth-order valence-corrected chi connectivity index (χ4v) is 2.82. The zero-order chi connectivity index (χ0) is 17.8. The fourth-order valence-electron chi connectivity index (χ4n) is 2.82. The minimum atomic E-state index is -0.600. The number of Topliss-reactive ketones (excluding diaryl/α,β-unsaturated/α-hetero) is 1. The molecule has 1 aliphatic carbocycles. The van der Waals surface area contributed by atoms with Crippen molar-refractivity contribution >= 4 is 11.8 Å². The van der Waals surface area contributed by atoms with Crippen molar-refractivity contribution in [3.63, 3.8) is 0 Å². The second-order valence-corrected chi connectivity index (χ2v) is 6.22. The van der Waals surface area contributed by atoms with Crippen molar-refractivity contribution in [3.8, 4) is 5.75 Å². The largest absolute Gasteiger partial charge is 0.489 e. The van der Waals surface area contributed by atoms with Crippen LogP contribution in [0.4, 0.5) is 0 Å². The van der Waals surface area contributed by atoms with Gasteiger partial charge in [0.1, 0.15) is 18.1 Å². The molecule has 25 heavy (non-hydrogen) atoms. The van der Waals surface area contributed by atoms with Gasteiger partial charge in [0.15, 0.2) is 11.9 Å². The van der Waals surface area contributed by atoms with Crippen LogP contribution in [-0.4, -0.2) is 23.0 Å². The van der Waals surface area contributed by atoms with Crippen molar-refractivity contribution in [1.82, 2.24) is 5.16 Å². The van der Waals surface area contributed by atoms with Crippen molar-refractivity contribution < 1.29 is 23.6 Å². The molecule has 1 aromatic heterocycles. The third kappa shape index (κ3) is 4.07. The first-order valence-electron chi connectivity index (χ1n) is 8.43. The Morgan fingerprint density at radius 2 is 2.00 bits per heavy atom. The van der Waals surface area contributed by atoms with Crippen LogP contribution in [0.15, 0.2) is 28.8 Å². The maximum atomic E-state index is 12.2. The van der Waals surface area contributed by atoms with Crippen LogP contribution in [0.25, 0.3) is 0 Å². The summed E-state index contributed by atoms with van der Waals surface area (Å²) in [5.41, 5.74) is 2.12. The van der Waals surface area contributed by atoms with E-state index in [9.17, 15) is 9.59 Å². The molecule has 6 nitrogen and oxygen atoms in total. The molecule has 1 heterocycles.